The summed E-state index contributed by atoms with van der Waals surface area (Å²) in [5, 5.41) is 10.2. The summed E-state index contributed by atoms with van der Waals surface area (Å²) in [5.74, 6) is 0.372. The van der Waals surface area contributed by atoms with Crippen molar-refractivity contribution >= 4 is 18.2 Å². The van der Waals surface area contributed by atoms with Crippen LogP contribution in [0.1, 0.15) is 44.9 Å². The molecule has 1 aliphatic heterocycles. The average molecular weight is 280 g/mol. The number of carbonyl (C=O) groups excluding carboxylic acids is 2. The molecule has 1 amide bonds. The summed E-state index contributed by atoms with van der Waals surface area (Å²) in [6, 6.07) is -0.0539. The molecule has 1 N–H and O–H groups in total. The van der Waals surface area contributed by atoms with Crippen LogP contribution in [0.25, 0.3) is 0 Å². The topological polar surface area (TPSA) is 88.3 Å². The molecule has 0 saturated carbocycles. The van der Waals surface area contributed by atoms with Crippen LogP contribution in [0, 0.1) is 0 Å². The number of rotatable bonds is 5. The Morgan fingerprint density at radius 1 is 1.50 bits per heavy atom. The third-order valence-electron chi connectivity index (χ3n) is 3.35. The quantitative estimate of drug-likeness (QED) is 0.815. The monoisotopic (exact) mass is 280 g/mol. The smallest absolute Gasteiger partial charge is 0.322 e. The van der Waals surface area contributed by atoms with Gasteiger partial charge in [0.1, 0.15) is 6.29 Å². The van der Waals surface area contributed by atoms with Crippen LogP contribution < -0.4 is 5.32 Å². The minimum Gasteiger partial charge on any atom is -0.408 e. The molecule has 1 fully saturated rings. The fraction of sp³-hybridized carbons (Fsp3) is 0.692. The molecule has 0 spiro atoms. The lowest BCUT2D eigenvalue weighted by molar-refractivity contribution is -0.120. The fourth-order valence-electron chi connectivity index (χ4n) is 2.23. The number of likely N-dealkylation sites (tertiary alicyclic amines) is 1. The molecule has 20 heavy (non-hydrogen) atoms. The molecule has 7 nitrogen and oxygen atoms in total. The Hall–Kier alpha value is -1.76. The summed E-state index contributed by atoms with van der Waals surface area (Å²) in [4.78, 5) is 24.8. The van der Waals surface area contributed by atoms with E-state index >= 15 is 0 Å². The van der Waals surface area contributed by atoms with E-state index in [1.165, 1.54) is 0 Å². The molecule has 1 unspecified atom stereocenters. The Morgan fingerprint density at radius 2 is 2.30 bits per heavy atom. The summed E-state index contributed by atoms with van der Waals surface area (Å²) in [5.41, 5.74) is 0. The van der Waals surface area contributed by atoms with Crippen LogP contribution in [0.3, 0.4) is 0 Å². The molecule has 1 atom stereocenters. The Labute approximate surface area is 117 Å². The van der Waals surface area contributed by atoms with E-state index in [9.17, 15) is 9.59 Å². The molecular weight excluding hydrogens is 260 g/mol. The van der Waals surface area contributed by atoms with Crippen molar-refractivity contribution in [3.8, 4) is 0 Å². The van der Waals surface area contributed by atoms with Crippen molar-refractivity contribution in [2.45, 2.75) is 45.1 Å². The highest BCUT2D eigenvalue weighted by atomic mass is 16.4. The van der Waals surface area contributed by atoms with Crippen molar-refractivity contribution in [1.29, 1.82) is 0 Å². The molecule has 2 heterocycles. The van der Waals surface area contributed by atoms with Crippen LogP contribution in [-0.2, 0) is 9.59 Å². The van der Waals surface area contributed by atoms with Gasteiger partial charge in [0, 0.05) is 5.92 Å². The van der Waals surface area contributed by atoms with E-state index in [0.29, 0.717) is 5.89 Å². The first-order chi connectivity index (χ1) is 9.60. The van der Waals surface area contributed by atoms with E-state index in [0.717, 1.165) is 32.1 Å². The highest BCUT2D eigenvalue weighted by Crippen LogP contribution is 2.16. The van der Waals surface area contributed by atoms with Gasteiger partial charge in [-0.15, -0.1) is 5.10 Å². The second kappa shape index (κ2) is 6.60. The predicted octanol–water partition coefficient (Wildman–Crippen LogP) is 1.18. The zero-order valence-corrected chi connectivity index (χ0v) is 11.8. The Morgan fingerprint density at radius 3 is 2.95 bits per heavy atom. The summed E-state index contributed by atoms with van der Waals surface area (Å²) >= 11 is 0. The molecular formula is C13H20N4O3. The maximum absolute atomic E-state index is 11.9. The van der Waals surface area contributed by atoms with Gasteiger partial charge in [-0.1, -0.05) is 25.4 Å². The van der Waals surface area contributed by atoms with E-state index in [4.69, 9.17) is 4.42 Å². The van der Waals surface area contributed by atoms with Crippen LogP contribution in [0.5, 0.6) is 0 Å². The van der Waals surface area contributed by atoms with Crippen molar-refractivity contribution in [2.75, 3.05) is 18.4 Å². The van der Waals surface area contributed by atoms with Gasteiger partial charge < -0.3 is 9.21 Å². The van der Waals surface area contributed by atoms with E-state index < -0.39 is 0 Å². The summed E-state index contributed by atoms with van der Waals surface area (Å²) in [6.45, 7) is 4.80. The van der Waals surface area contributed by atoms with Crippen LogP contribution in [0.15, 0.2) is 4.42 Å². The van der Waals surface area contributed by atoms with Gasteiger partial charge in [-0.05, 0) is 19.4 Å². The summed E-state index contributed by atoms with van der Waals surface area (Å²) in [7, 11) is 0. The zero-order chi connectivity index (χ0) is 14.5. The largest absolute Gasteiger partial charge is 0.408 e. The molecule has 1 aromatic rings. The molecule has 1 aliphatic rings. The lowest BCUT2D eigenvalue weighted by atomic mass is 10.0. The maximum atomic E-state index is 11.9. The van der Waals surface area contributed by atoms with Crippen molar-refractivity contribution in [2.24, 2.45) is 0 Å². The lowest BCUT2D eigenvalue weighted by Crippen LogP contribution is -2.44. The number of piperidine rings is 1. The number of hydrogen-bond acceptors (Lipinski definition) is 6. The minimum absolute atomic E-state index is 0.110. The molecule has 1 saturated heterocycles. The van der Waals surface area contributed by atoms with E-state index in [2.05, 4.69) is 15.5 Å². The van der Waals surface area contributed by atoms with Crippen molar-refractivity contribution in [3.63, 3.8) is 0 Å². The van der Waals surface area contributed by atoms with Crippen molar-refractivity contribution in [3.05, 3.63) is 5.89 Å². The Bertz CT molecular complexity index is 472. The molecule has 0 aromatic carbocycles. The standard InChI is InChI=1S/C13H20N4O3/c1-9(2)12-15-16-13(20-12)14-11(19)7-17-6-4-3-5-10(17)8-18/h8-10H,3-7H2,1-2H3,(H,14,16,19). The molecule has 0 bridgehead atoms. The number of carbonyl (C=O) groups is 2. The average Bonchev–Trinajstić information content (AvgIpc) is 2.88. The SMILES string of the molecule is CC(C)c1nnc(NC(=O)CN2CCCCC2C=O)o1. The predicted molar refractivity (Wildman–Crippen MR) is 72.3 cm³/mol. The molecule has 0 radical (unpaired) electrons. The lowest BCUT2D eigenvalue weighted by Gasteiger charge is -2.31. The number of anilines is 1. The zero-order valence-electron chi connectivity index (χ0n) is 11.8. The number of aromatic nitrogens is 2. The molecule has 7 heteroatoms. The van der Waals surface area contributed by atoms with Gasteiger partial charge in [0.05, 0.1) is 12.6 Å². The number of nitrogens with zero attached hydrogens (tertiary/aromatic N) is 3. The van der Waals surface area contributed by atoms with Gasteiger partial charge in [-0.2, -0.15) is 0 Å². The second-order valence-corrected chi connectivity index (χ2v) is 5.32. The Kier molecular flexibility index (Phi) is 4.84. The second-order valence-electron chi connectivity index (χ2n) is 5.32. The minimum atomic E-state index is -0.238. The molecule has 0 aliphatic carbocycles. The Balaban J connectivity index is 1.89. The highest BCUT2D eigenvalue weighted by molar-refractivity contribution is 5.90. The first-order valence-corrected chi connectivity index (χ1v) is 6.92. The first-order valence-electron chi connectivity index (χ1n) is 6.92. The first kappa shape index (κ1) is 14.6. The third-order valence-corrected chi connectivity index (χ3v) is 3.35. The molecule has 2 rings (SSSR count). The fourth-order valence-corrected chi connectivity index (χ4v) is 2.23. The third kappa shape index (κ3) is 3.63. The van der Waals surface area contributed by atoms with E-state index in [1.54, 1.807) is 0 Å². The molecule has 1 aromatic heterocycles. The van der Waals surface area contributed by atoms with Crippen molar-refractivity contribution < 1.29 is 14.0 Å². The number of amides is 1. The highest BCUT2D eigenvalue weighted by Gasteiger charge is 2.24. The normalized spacial score (nSPS) is 20.1. The summed E-state index contributed by atoms with van der Waals surface area (Å²) in [6.07, 6.45) is 3.77. The van der Waals surface area contributed by atoms with Gasteiger partial charge in [0.2, 0.25) is 11.8 Å². The molecule has 110 valence electrons. The van der Waals surface area contributed by atoms with Crippen LogP contribution >= 0.6 is 0 Å². The van der Waals surface area contributed by atoms with Crippen LogP contribution in [-0.4, -0.2) is 46.4 Å². The van der Waals surface area contributed by atoms with Gasteiger partial charge in [0.25, 0.3) is 0 Å². The van der Waals surface area contributed by atoms with Gasteiger partial charge in [-0.25, -0.2) is 0 Å². The number of aldehydes is 1. The van der Waals surface area contributed by atoms with Crippen molar-refractivity contribution in [1.82, 2.24) is 15.1 Å². The van der Waals surface area contributed by atoms with Crippen LogP contribution in [0.2, 0.25) is 0 Å². The van der Waals surface area contributed by atoms with Gasteiger partial charge in [-0.3, -0.25) is 15.0 Å². The number of hydrogen-bond donors (Lipinski definition) is 1. The van der Waals surface area contributed by atoms with Gasteiger partial charge in [0.15, 0.2) is 0 Å². The van der Waals surface area contributed by atoms with Crippen LogP contribution in [0.4, 0.5) is 6.01 Å². The summed E-state index contributed by atoms with van der Waals surface area (Å²) < 4.78 is 5.32. The van der Waals surface area contributed by atoms with Gasteiger partial charge >= 0.3 is 6.01 Å². The van der Waals surface area contributed by atoms with E-state index in [1.807, 2.05) is 18.7 Å². The number of nitrogens with one attached hydrogen (secondary N) is 1. The van der Waals surface area contributed by atoms with E-state index in [-0.39, 0.29) is 30.4 Å². The maximum Gasteiger partial charge on any atom is 0.322 e.